The maximum absolute atomic E-state index is 13.7. The summed E-state index contributed by atoms with van der Waals surface area (Å²) in [5.74, 6) is -0.596. The zero-order valence-electron chi connectivity index (χ0n) is 10.6. The van der Waals surface area contributed by atoms with Gasteiger partial charge in [-0.2, -0.15) is 0 Å². The fraction of sp³-hybridized carbons (Fsp3) is 0.214. The van der Waals surface area contributed by atoms with Crippen molar-refractivity contribution in [3.05, 3.63) is 59.6 Å². The third kappa shape index (κ3) is 2.49. The van der Waals surface area contributed by atoms with E-state index >= 15 is 0 Å². The second-order valence-electron chi connectivity index (χ2n) is 4.51. The van der Waals surface area contributed by atoms with Crippen LogP contribution in [0.4, 0.5) is 8.78 Å². The SMILES string of the molecule is Fc1cccc(F)c1C1CN=C(NCc2ccoc2)N1. The molecule has 0 bridgehead atoms. The van der Waals surface area contributed by atoms with Gasteiger partial charge in [-0.3, -0.25) is 4.99 Å². The van der Waals surface area contributed by atoms with Crippen LogP contribution in [0.5, 0.6) is 0 Å². The van der Waals surface area contributed by atoms with Crippen molar-refractivity contribution < 1.29 is 13.2 Å². The van der Waals surface area contributed by atoms with Gasteiger partial charge in [-0.25, -0.2) is 8.78 Å². The first-order valence-corrected chi connectivity index (χ1v) is 6.24. The molecule has 4 nitrogen and oxygen atoms in total. The van der Waals surface area contributed by atoms with Gasteiger partial charge >= 0.3 is 0 Å². The molecule has 1 aromatic carbocycles. The Bertz CT molecular complexity index is 605. The molecule has 1 aliphatic rings. The molecule has 0 saturated carbocycles. The minimum Gasteiger partial charge on any atom is -0.472 e. The van der Waals surface area contributed by atoms with E-state index in [9.17, 15) is 8.78 Å². The third-order valence-corrected chi connectivity index (χ3v) is 3.13. The molecule has 2 heterocycles. The van der Waals surface area contributed by atoms with E-state index in [2.05, 4.69) is 15.6 Å². The van der Waals surface area contributed by atoms with Crippen LogP contribution in [-0.4, -0.2) is 12.5 Å². The molecule has 1 aromatic heterocycles. The summed E-state index contributed by atoms with van der Waals surface area (Å²) in [5, 5.41) is 6.04. The number of halogens is 2. The lowest BCUT2D eigenvalue weighted by molar-refractivity contribution is 0.520. The molecule has 1 unspecified atom stereocenters. The molecule has 3 rings (SSSR count). The minimum atomic E-state index is -0.561. The van der Waals surface area contributed by atoms with Crippen molar-refractivity contribution in [3.63, 3.8) is 0 Å². The van der Waals surface area contributed by atoms with Crippen molar-refractivity contribution in [2.75, 3.05) is 6.54 Å². The third-order valence-electron chi connectivity index (χ3n) is 3.13. The van der Waals surface area contributed by atoms with Crippen LogP contribution in [0.1, 0.15) is 17.2 Å². The van der Waals surface area contributed by atoms with Crippen molar-refractivity contribution in [3.8, 4) is 0 Å². The lowest BCUT2D eigenvalue weighted by atomic mass is 10.1. The molecule has 1 aliphatic heterocycles. The zero-order chi connectivity index (χ0) is 13.9. The van der Waals surface area contributed by atoms with Gasteiger partial charge in [0.15, 0.2) is 5.96 Å². The number of nitrogens with zero attached hydrogens (tertiary/aromatic N) is 1. The first-order chi connectivity index (χ1) is 9.74. The fourth-order valence-electron chi connectivity index (χ4n) is 2.13. The number of furan rings is 1. The predicted molar refractivity (Wildman–Crippen MR) is 70.1 cm³/mol. The van der Waals surface area contributed by atoms with E-state index in [0.29, 0.717) is 19.0 Å². The summed E-state index contributed by atoms with van der Waals surface area (Å²) >= 11 is 0. The van der Waals surface area contributed by atoms with Crippen LogP contribution in [0.3, 0.4) is 0 Å². The van der Waals surface area contributed by atoms with E-state index in [-0.39, 0.29) is 5.56 Å². The van der Waals surface area contributed by atoms with Crippen LogP contribution in [-0.2, 0) is 6.54 Å². The summed E-state index contributed by atoms with van der Waals surface area (Å²) in [5.41, 5.74) is 0.992. The number of hydrogen-bond donors (Lipinski definition) is 2. The van der Waals surface area contributed by atoms with E-state index in [0.717, 1.165) is 5.56 Å². The van der Waals surface area contributed by atoms with Gasteiger partial charge in [0.2, 0.25) is 0 Å². The Balaban J connectivity index is 1.64. The number of benzene rings is 1. The Morgan fingerprint density at radius 2 is 2.10 bits per heavy atom. The van der Waals surface area contributed by atoms with E-state index in [1.807, 2.05) is 6.07 Å². The summed E-state index contributed by atoms with van der Waals surface area (Å²) in [6.45, 7) is 0.834. The lowest BCUT2D eigenvalue weighted by Gasteiger charge is -2.14. The van der Waals surface area contributed by atoms with Crippen LogP contribution >= 0.6 is 0 Å². The lowest BCUT2D eigenvalue weighted by Crippen LogP contribution is -2.35. The molecule has 0 fully saturated rings. The molecule has 0 amide bonds. The minimum absolute atomic E-state index is 0.0244. The average molecular weight is 277 g/mol. The maximum Gasteiger partial charge on any atom is 0.192 e. The molecular weight excluding hydrogens is 264 g/mol. The van der Waals surface area contributed by atoms with E-state index in [4.69, 9.17) is 4.42 Å². The highest BCUT2D eigenvalue weighted by Gasteiger charge is 2.24. The maximum atomic E-state index is 13.7. The van der Waals surface area contributed by atoms with Gasteiger partial charge in [-0.1, -0.05) is 6.07 Å². The molecule has 2 N–H and O–H groups in total. The number of nitrogens with one attached hydrogen (secondary N) is 2. The van der Waals surface area contributed by atoms with Crippen molar-refractivity contribution in [2.24, 2.45) is 4.99 Å². The van der Waals surface area contributed by atoms with Crippen LogP contribution in [0.2, 0.25) is 0 Å². The number of rotatable bonds is 3. The number of aliphatic imine (C=N–C) groups is 1. The summed E-state index contributed by atoms with van der Waals surface area (Å²) < 4.78 is 32.3. The molecule has 104 valence electrons. The summed E-state index contributed by atoms with van der Waals surface area (Å²) in [4.78, 5) is 4.21. The second-order valence-corrected chi connectivity index (χ2v) is 4.51. The molecule has 6 heteroatoms. The van der Waals surface area contributed by atoms with Crippen molar-refractivity contribution >= 4 is 5.96 Å². The Kier molecular flexibility index (Phi) is 3.37. The summed E-state index contributed by atoms with van der Waals surface area (Å²) in [6, 6.07) is 5.19. The fourth-order valence-corrected chi connectivity index (χ4v) is 2.13. The standard InChI is InChI=1S/C14H13F2N3O/c15-10-2-1-3-11(16)13(10)12-7-18-14(19-12)17-6-9-4-5-20-8-9/h1-5,8,12H,6-7H2,(H2,17,18,19). The Hall–Kier alpha value is -2.37. The summed E-state index contributed by atoms with van der Waals surface area (Å²) in [6.07, 6.45) is 3.20. The molecule has 1 atom stereocenters. The van der Waals surface area contributed by atoms with Crippen LogP contribution in [0.25, 0.3) is 0 Å². The molecule has 0 spiro atoms. The van der Waals surface area contributed by atoms with Gasteiger partial charge in [-0.15, -0.1) is 0 Å². The smallest absolute Gasteiger partial charge is 0.192 e. The highest BCUT2D eigenvalue weighted by atomic mass is 19.1. The van der Waals surface area contributed by atoms with Gasteiger partial charge < -0.3 is 15.1 Å². The number of guanidine groups is 1. The predicted octanol–water partition coefficient (Wildman–Crippen LogP) is 2.35. The summed E-state index contributed by atoms with van der Waals surface area (Å²) in [7, 11) is 0. The highest BCUT2D eigenvalue weighted by molar-refractivity contribution is 5.82. The average Bonchev–Trinajstić information content (AvgIpc) is 3.07. The molecular formula is C14H13F2N3O. The Morgan fingerprint density at radius 1 is 1.30 bits per heavy atom. The topological polar surface area (TPSA) is 49.6 Å². The van der Waals surface area contributed by atoms with Crippen LogP contribution in [0.15, 0.2) is 46.2 Å². The first-order valence-electron chi connectivity index (χ1n) is 6.24. The van der Waals surface area contributed by atoms with Gasteiger partial charge in [0.1, 0.15) is 11.6 Å². The van der Waals surface area contributed by atoms with Crippen LogP contribution < -0.4 is 10.6 Å². The normalized spacial score (nSPS) is 17.7. The van der Waals surface area contributed by atoms with Gasteiger partial charge in [0.25, 0.3) is 0 Å². The molecule has 0 saturated heterocycles. The van der Waals surface area contributed by atoms with Gasteiger partial charge in [0.05, 0.1) is 25.1 Å². The van der Waals surface area contributed by atoms with Crippen molar-refractivity contribution in [1.82, 2.24) is 10.6 Å². The molecule has 2 aromatic rings. The largest absolute Gasteiger partial charge is 0.472 e. The Morgan fingerprint density at radius 3 is 2.80 bits per heavy atom. The van der Waals surface area contributed by atoms with E-state index < -0.39 is 17.7 Å². The Labute approximate surface area is 114 Å². The monoisotopic (exact) mass is 277 g/mol. The zero-order valence-corrected chi connectivity index (χ0v) is 10.6. The van der Waals surface area contributed by atoms with Crippen LogP contribution in [0, 0.1) is 11.6 Å². The number of hydrogen-bond acceptors (Lipinski definition) is 4. The second kappa shape index (κ2) is 5.32. The van der Waals surface area contributed by atoms with Gasteiger partial charge in [0, 0.05) is 17.7 Å². The molecule has 0 aliphatic carbocycles. The quantitative estimate of drug-likeness (QED) is 0.905. The van der Waals surface area contributed by atoms with Crippen molar-refractivity contribution in [2.45, 2.75) is 12.6 Å². The highest BCUT2D eigenvalue weighted by Crippen LogP contribution is 2.23. The van der Waals surface area contributed by atoms with E-state index in [1.165, 1.54) is 18.2 Å². The molecule has 0 radical (unpaired) electrons. The van der Waals surface area contributed by atoms with E-state index in [1.54, 1.807) is 12.5 Å². The van der Waals surface area contributed by atoms with Crippen molar-refractivity contribution in [1.29, 1.82) is 0 Å². The van der Waals surface area contributed by atoms with Gasteiger partial charge in [-0.05, 0) is 18.2 Å². The first kappa shape index (κ1) is 12.7. The molecule has 20 heavy (non-hydrogen) atoms.